The molecule has 2 aliphatic rings. The Bertz CT molecular complexity index is 1050. The molecule has 3 unspecified atom stereocenters. The van der Waals surface area contributed by atoms with E-state index in [0.717, 1.165) is 5.56 Å². The Hall–Kier alpha value is -3.50. The van der Waals surface area contributed by atoms with Crippen molar-refractivity contribution in [1.29, 1.82) is 5.26 Å². The molecule has 0 amide bonds. The number of nitro groups is 1. The second-order valence-electron chi connectivity index (χ2n) is 6.75. The van der Waals surface area contributed by atoms with Gasteiger partial charge in [-0.2, -0.15) is 5.26 Å². The Morgan fingerprint density at radius 3 is 2.52 bits per heavy atom. The van der Waals surface area contributed by atoms with Crippen LogP contribution in [0.2, 0.25) is 0 Å². The molecule has 27 heavy (non-hydrogen) atoms. The van der Waals surface area contributed by atoms with Gasteiger partial charge in [0.25, 0.3) is 5.69 Å². The molecule has 1 aliphatic heterocycles. The van der Waals surface area contributed by atoms with Crippen LogP contribution in [0.15, 0.2) is 59.8 Å². The zero-order chi connectivity index (χ0) is 19.3. The van der Waals surface area contributed by atoms with Gasteiger partial charge in [-0.1, -0.05) is 24.3 Å². The van der Waals surface area contributed by atoms with E-state index in [4.69, 9.17) is 10.5 Å². The highest BCUT2D eigenvalue weighted by molar-refractivity contribution is 6.04. The van der Waals surface area contributed by atoms with Gasteiger partial charge in [0.2, 0.25) is 0 Å². The number of non-ortho nitro benzene ring substituents is 1. The van der Waals surface area contributed by atoms with Gasteiger partial charge in [-0.05, 0) is 30.2 Å². The molecule has 3 atom stereocenters. The van der Waals surface area contributed by atoms with E-state index in [9.17, 15) is 20.2 Å². The third-order valence-electron chi connectivity index (χ3n) is 5.32. The molecular formula is C20H15N3O4. The smallest absolute Gasteiger partial charge is 0.269 e. The first kappa shape index (κ1) is 16.9. The van der Waals surface area contributed by atoms with Gasteiger partial charge in [0.05, 0.1) is 22.5 Å². The summed E-state index contributed by atoms with van der Waals surface area (Å²) in [5.41, 5.74) is 7.19. The number of ketones is 1. The fourth-order valence-corrected chi connectivity index (χ4v) is 3.92. The van der Waals surface area contributed by atoms with Gasteiger partial charge >= 0.3 is 0 Å². The minimum Gasteiger partial charge on any atom is -0.400 e. The zero-order valence-electron chi connectivity index (χ0n) is 14.4. The molecule has 0 saturated heterocycles. The van der Waals surface area contributed by atoms with E-state index in [1.54, 1.807) is 31.2 Å². The third-order valence-corrected chi connectivity index (χ3v) is 5.32. The topological polar surface area (TPSA) is 119 Å². The molecule has 0 spiro atoms. The maximum atomic E-state index is 12.8. The van der Waals surface area contributed by atoms with Crippen molar-refractivity contribution in [2.24, 2.45) is 11.7 Å². The van der Waals surface area contributed by atoms with Crippen molar-refractivity contribution in [3.63, 3.8) is 0 Å². The molecule has 1 aliphatic carbocycles. The summed E-state index contributed by atoms with van der Waals surface area (Å²) in [6, 6.07) is 15.0. The minimum atomic E-state index is -1.22. The van der Waals surface area contributed by atoms with Gasteiger partial charge < -0.3 is 10.5 Å². The van der Waals surface area contributed by atoms with Crippen molar-refractivity contribution in [3.05, 3.63) is 86.6 Å². The SMILES string of the molecule is CC1(c2ccc([N+](=O)[O-])cc2)OC2c3ccccc3C(=O)C2C(N)=C1C#N. The van der Waals surface area contributed by atoms with Crippen LogP contribution in [0, 0.1) is 27.4 Å². The number of hydrogen-bond donors (Lipinski definition) is 1. The minimum absolute atomic E-state index is 0.0621. The van der Waals surface area contributed by atoms with E-state index in [0.29, 0.717) is 11.1 Å². The number of fused-ring (bicyclic) bond motifs is 3. The predicted octanol–water partition coefficient (Wildman–Crippen LogP) is 3.13. The number of ether oxygens (including phenoxy) is 1. The van der Waals surface area contributed by atoms with Crippen LogP contribution in [0.25, 0.3) is 0 Å². The normalized spacial score (nSPS) is 26.3. The van der Waals surface area contributed by atoms with Crippen molar-refractivity contribution in [2.45, 2.75) is 18.6 Å². The van der Waals surface area contributed by atoms with Crippen LogP contribution in [-0.2, 0) is 10.3 Å². The lowest BCUT2D eigenvalue weighted by atomic mass is 9.79. The Balaban J connectivity index is 1.88. The van der Waals surface area contributed by atoms with Crippen molar-refractivity contribution in [1.82, 2.24) is 0 Å². The Labute approximate surface area is 154 Å². The van der Waals surface area contributed by atoms with E-state index in [1.807, 2.05) is 12.1 Å². The van der Waals surface area contributed by atoms with Gasteiger partial charge in [-0.3, -0.25) is 14.9 Å². The fourth-order valence-electron chi connectivity index (χ4n) is 3.92. The fraction of sp³-hybridized carbons (Fsp3) is 0.200. The number of carbonyl (C=O) groups excluding carboxylic acids is 1. The van der Waals surface area contributed by atoms with Crippen LogP contribution in [0.1, 0.15) is 34.5 Å². The summed E-state index contributed by atoms with van der Waals surface area (Å²) in [6.07, 6.45) is -0.606. The van der Waals surface area contributed by atoms with Gasteiger partial charge in [-0.25, -0.2) is 0 Å². The first-order chi connectivity index (χ1) is 12.9. The average molecular weight is 361 g/mol. The molecule has 0 saturated carbocycles. The summed E-state index contributed by atoms with van der Waals surface area (Å²) in [5.74, 6) is -0.894. The predicted molar refractivity (Wildman–Crippen MR) is 95.4 cm³/mol. The molecule has 2 aromatic carbocycles. The Morgan fingerprint density at radius 1 is 1.22 bits per heavy atom. The molecule has 0 aromatic heterocycles. The second kappa shape index (κ2) is 5.76. The van der Waals surface area contributed by atoms with Crippen LogP contribution in [0.3, 0.4) is 0 Å². The third kappa shape index (κ3) is 2.27. The Morgan fingerprint density at radius 2 is 1.89 bits per heavy atom. The van der Waals surface area contributed by atoms with Crippen LogP contribution in [0.4, 0.5) is 5.69 Å². The second-order valence-corrected chi connectivity index (χ2v) is 6.75. The van der Waals surface area contributed by atoms with Crippen molar-refractivity contribution < 1.29 is 14.5 Å². The molecule has 4 rings (SSSR count). The quantitative estimate of drug-likeness (QED) is 0.648. The summed E-state index contributed by atoms with van der Waals surface area (Å²) in [5, 5.41) is 20.7. The van der Waals surface area contributed by atoms with E-state index < -0.39 is 22.5 Å². The number of nitrogens with two attached hydrogens (primary N) is 1. The van der Waals surface area contributed by atoms with Crippen LogP contribution in [0.5, 0.6) is 0 Å². The molecule has 7 heteroatoms. The molecule has 2 aromatic rings. The van der Waals surface area contributed by atoms with Crippen LogP contribution >= 0.6 is 0 Å². The number of rotatable bonds is 2. The average Bonchev–Trinajstić information content (AvgIpc) is 2.94. The first-order valence-electron chi connectivity index (χ1n) is 8.34. The number of nitrogens with zero attached hydrogens (tertiary/aromatic N) is 2. The Kier molecular flexibility index (Phi) is 3.61. The van der Waals surface area contributed by atoms with Gasteiger partial charge in [0.1, 0.15) is 11.7 Å². The maximum absolute atomic E-state index is 12.8. The lowest BCUT2D eigenvalue weighted by Crippen LogP contribution is -2.41. The number of Topliss-reactive ketones (excluding diaryl/α,β-unsaturated/α-hetero) is 1. The molecule has 134 valence electrons. The number of carbonyl (C=O) groups is 1. The zero-order valence-corrected chi connectivity index (χ0v) is 14.4. The number of benzene rings is 2. The van der Waals surface area contributed by atoms with Crippen LogP contribution in [-0.4, -0.2) is 10.7 Å². The molecule has 0 radical (unpaired) electrons. The van der Waals surface area contributed by atoms with E-state index in [2.05, 4.69) is 6.07 Å². The highest BCUT2D eigenvalue weighted by Gasteiger charge is 2.52. The maximum Gasteiger partial charge on any atom is 0.269 e. The van der Waals surface area contributed by atoms with Gasteiger partial charge in [0, 0.05) is 23.4 Å². The highest BCUT2D eigenvalue weighted by Crippen LogP contribution is 2.52. The lowest BCUT2D eigenvalue weighted by Gasteiger charge is -2.40. The summed E-state index contributed by atoms with van der Waals surface area (Å²) in [6.45, 7) is 1.70. The summed E-state index contributed by atoms with van der Waals surface area (Å²) in [4.78, 5) is 23.2. The molecule has 0 fully saturated rings. The van der Waals surface area contributed by atoms with Crippen molar-refractivity contribution in [2.75, 3.05) is 0 Å². The molecule has 2 N–H and O–H groups in total. The lowest BCUT2D eigenvalue weighted by molar-refractivity contribution is -0.384. The number of nitro benzene ring substituents is 1. The van der Waals surface area contributed by atoms with Crippen molar-refractivity contribution in [3.8, 4) is 6.07 Å². The monoisotopic (exact) mass is 361 g/mol. The molecule has 7 nitrogen and oxygen atoms in total. The number of nitriles is 1. The molecule has 1 heterocycles. The number of hydrogen-bond acceptors (Lipinski definition) is 6. The van der Waals surface area contributed by atoms with E-state index in [-0.39, 0.29) is 22.7 Å². The van der Waals surface area contributed by atoms with E-state index >= 15 is 0 Å². The summed E-state index contributed by atoms with van der Waals surface area (Å²) < 4.78 is 6.30. The standard InChI is InChI=1S/C20H15N3O4/c1-20(11-6-8-12(9-7-11)23(25)26)15(10-21)17(22)16-18(24)13-4-2-3-5-14(13)19(16)27-20/h2-9,16,19H,22H2,1H3. The summed E-state index contributed by atoms with van der Waals surface area (Å²) in [7, 11) is 0. The molecule has 0 bridgehead atoms. The van der Waals surface area contributed by atoms with Gasteiger partial charge in [-0.15, -0.1) is 0 Å². The van der Waals surface area contributed by atoms with Crippen molar-refractivity contribution >= 4 is 11.5 Å². The first-order valence-corrected chi connectivity index (χ1v) is 8.34. The van der Waals surface area contributed by atoms with Crippen LogP contribution < -0.4 is 5.73 Å². The molecular weight excluding hydrogens is 346 g/mol. The largest absolute Gasteiger partial charge is 0.400 e. The van der Waals surface area contributed by atoms with E-state index in [1.165, 1.54) is 12.1 Å². The van der Waals surface area contributed by atoms with Gasteiger partial charge in [0.15, 0.2) is 5.78 Å². The summed E-state index contributed by atoms with van der Waals surface area (Å²) >= 11 is 0. The highest BCUT2D eigenvalue weighted by atomic mass is 16.6.